The van der Waals surface area contributed by atoms with E-state index in [0.717, 1.165) is 31.8 Å². The van der Waals surface area contributed by atoms with Crippen LogP contribution in [0.3, 0.4) is 0 Å². The van der Waals surface area contributed by atoms with E-state index in [4.69, 9.17) is 4.74 Å². The quantitative estimate of drug-likeness (QED) is 0.567. The summed E-state index contributed by atoms with van der Waals surface area (Å²) >= 11 is 0. The molecule has 5 heteroatoms. The molecule has 0 unspecified atom stereocenters. The van der Waals surface area contributed by atoms with Gasteiger partial charge in [-0.3, -0.25) is 0 Å². The molecule has 3 aromatic rings. The van der Waals surface area contributed by atoms with E-state index in [0.29, 0.717) is 6.61 Å². The summed E-state index contributed by atoms with van der Waals surface area (Å²) in [5, 5.41) is 3.50. The van der Waals surface area contributed by atoms with Crippen LogP contribution in [0.1, 0.15) is 23.1 Å². The minimum atomic E-state index is 0. The van der Waals surface area contributed by atoms with Gasteiger partial charge in [0.1, 0.15) is 12.4 Å². The molecule has 1 heterocycles. The molecule has 0 bridgehead atoms. The maximum Gasteiger partial charge on any atom is 0.124 e. The molecule has 0 saturated carbocycles. The molecule has 1 N–H and O–H groups in total. The molecule has 0 amide bonds. The van der Waals surface area contributed by atoms with E-state index < -0.39 is 0 Å². The molecule has 0 spiro atoms. The van der Waals surface area contributed by atoms with Gasteiger partial charge in [-0.15, -0.1) is 12.4 Å². The highest BCUT2D eigenvalue weighted by Crippen LogP contribution is 2.19. The summed E-state index contributed by atoms with van der Waals surface area (Å²) in [5.41, 5.74) is 3.65. The van der Waals surface area contributed by atoms with Gasteiger partial charge in [0, 0.05) is 31.0 Å². The summed E-state index contributed by atoms with van der Waals surface area (Å²) in [7, 11) is 0. The molecule has 26 heavy (non-hydrogen) atoms. The van der Waals surface area contributed by atoms with Gasteiger partial charge in [-0.05, 0) is 31.5 Å². The van der Waals surface area contributed by atoms with Crippen molar-refractivity contribution in [2.45, 2.75) is 33.0 Å². The lowest BCUT2D eigenvalue weighted by molar-refractivity contribution is 0.302. The molecule has 4 nitrogen and oxygen atoms in total. The van der Waals surface area contributed by atoms with Gasteiger partial charge >= 0.3 is 0 Å². The van der Waals surface area contributed by atoms with Gasteiger partial charge in [0.05, 0.1) is 6.33 Å². The van der Waals surface area contributed by atoms with Crippen molar-refractivity contribution in [3.05, 3.63) is 83.9 Å². The third kappa shape index (κ3) is 6.21. The standard InChI is InChI=1S/C21H25N3O.ClH/c1-18-7-9-19(10-8-18)16-25-21-6-3-2-5-20(21)15-22-11-4-13-24-14-12-23-17-24;/h2-3,5-10,12,14,17,22H,4,11,13,15-16H2,1H3;1H. The van der Waals surface area contributed by atoms with Gasteiger partial charge in [-0.25, -0.2) is 4.98 Å². The second-order valence-corrected chi connectivity index (χ2v) is 6.21. The van der Waals surface area contributed by atoms with Crippen molar-refractivity contribution in [2.24, 2.45) is 0 Å². The van der Waals surface area contributed by atoms with E-state index in [-0.39, 0.29) is 12.4 Å². The van der Waals surface area contributed by atoms with E-state index in [9.17, 15) is 0 Å². The van der Waals surface area contributed by atoms with Gasteiger partial charge in [-0.1, -0.05) is 48.0 Å². The molecule has 0 aliphatic heterocycles. The largest absolute Gasteiger partial charge is 0.489 e. The van der Waals surface area contributed by atoms with Crippen LogP contribution in [0.4, 0.5) is 0 Å². The Morgan fingerprint density at radius 2 is 1.88 bits per heavy atom. The number of nitrogens with zero attached hydrogens (tertiary/aromatic N) is 2. The highest BCUT2D eigenvalue weighted by molar-refractivity contribution is 5.85. The molecule has 0 fully saturated rings. The number of halogens is 1. The van der Waals surface area contributed by atoms with E-state index in [1.165, 1.54) is 16.7 Å². The highest BCUT2D eigenvalue weighted by atomic mass is 35.5. The predicted octanol–water partition coefficient (Wildman–Crippen LogP) is 4.37. The summed E-state index contributed by atoms with van der Waals surface area (Å²) in [5.74, 6) is 0.949. The second-order valence-electron chi connectivity index (χ2n) is 6.21. The van der Waals surface area contributed by atoms with Crippen molar-refractivity contribution in [3.63, 3.8) is 0 Å². The number of ether oxygens (including phenoxy) is 1. The van der Waals surface area contributed by atoms with Gasteiger partial charge < -0.3 is 14.6 Å². The Labute approximate surface area is 161 Å². The molecular weight excluding hydrogens is 346 g/mol. The fourth-order valence-electron chi connectivity index (χ4n) is 2.66. The van der Waals surface area contributed by atoms with Crippen LogP contribution in [-0.2, 0) is 19.7 Å². The maximum atomic E-state index is 6.03. The zero-order valence-corrected chi connectivity index (χ0v) is 15.9. The van der Waals surface area contributed by atoms with Crippen molar-refractivity contribution in [2.75, 3.05) is 6.54 Å². The number of aromatic nitrogens is 2. The van der Waals surface area contributed by atoms with Crippen LogP contribution in [0.25, 0.3) is 0 Å². The number of benzene rings is 2. The maximum absolute atomic E-state index is 6.03. The number of para-hydroxylation sites is 1. The SMILES string of the molecule is Cc1ccc(COc2ccccc2CNCCCn2ccnc2)cc1.Cl. The topological polar surface area (TPSA) is 39.1 Å². The van der Waals surface area contributed by atoms with Crippen molar-refractivity contribution in [3.8, 4) is 5.75 Å². The number of aryl methyl sites for hydroxylation is 2. The first kappa shape index (κ1) is 20.0. The molecule has 1 aromatic heterocycles. The Balaban J connectivity index is 0.00000243. The molecule has 0 aliphatic carbocycles. The zero-order valence-electron chi connectivity index (χ0n) is 15.1. The van der Waals surface area contributed by atoms with Crippen LogP contribution < -0.4 is 10.1 Å². The number of rotatable bonds is 9. The lowest BCUT2D eigenvalue weighted by atomic mass is 10.1. The fourth-order valence-corrected chi connectivity index (χ4v) is 2.66. The third-order valence-corrected chi connectivity index (χ3v) is 4.13. The van der Waals surface area contributed by atoms with Crippen molar-refractivity contribution < 1.29 is 4.74 Å². The van der Waals surface area contributed by atoms with Crippen LogP contribution in [0.15, 0.2) is 67.3 Å². The van der Waals surface area contributed by atoms with Crippen molar-refractivity contribution >= 4 is 12.4 Å². The van der Waals surface area contributed by atoms with E-state index >= 15 is 0 Å². The Bertz CT molecular complexity index is 757. The molecule has 0 aliphatic rings. The lowest BCUT2D eigenvalue weighted by Crippen LogP contribution is -2.17. The van der Waals surface area contributed by atoms with Crippen molar-refractivity contribution in [1.29, 1.82) is 0 Å². The smallest absolute Gasteiger partial charge is 0.124 e. The molecule has 138 valence electrons. The molecular formula is C21H26ClN3O. The molecule has 3 rings (SSSR count). The summed E-state index contributed by atoms with van der Waals surface area (Å²) < 4.78 is 8.12. The van der Waals surface area contributed by atoms with Crippen LogP contribution in [0, 0.1) is 6.92 Å². The number of imidazole rings is 1. The second kappa shape index (κ2) is 10.6. The van der Waals surface area contributed by atoms with E-state index in [2.05, 4.69) is 58.2 Å². The predicted molar refractivity (Wildman–Crippen MR) is 108 cm³/mol. The van der Waals surface area contributed by atoms with Crippen LogP contribution in [0.5, 0.6) is 5.75 Å². The average molecular weight is 372 g/mol. The normalized spacial score (nSPS) is 10.3. The molecule has 0 atom stereocenters. The Morgan fingerprint density at radius 1 is 1.08 bits per heavy atom. The minimum Gasteiger partial charge on any atom is -0.489 e. The molecule has 0 radical (unpaired) electrons. The Kier molecular flexibility index (Phi) is 8.19. The number of hydrogen-bond acceptors (Lipinski definition) is 3. The summed E-state index contributed by atoms with van der Waals surface area (Å²) in [6.45, 7) is 5.45. The Hall–Kier alpha value is -2.30. The van der Waals surface area contributed by atoms with Crippen LogP contribution in [-0.4, -0.2) is 16.1 Å². The van der Waals surface area contributed by atoms with E-state index in [1.807, 2.05) is 30.9 Å². The first-order chi connectivity index (χ1) is 12.3. The fraction of sp³-hybridized carbons (Fsp3) is 0.286. The Morgan fingerprint density at radius 3 is 2.65 bits per heavy atom. The first-order valence-corrected chi connectivity index (χ1v) is 8.74. The summed E-state index contributed by atoms with van der Waals surface area (Å²) in [6.07, 6.45) is 6.74. The third-order valence-electron chi connectivity index (χ3n) is 4.13. The van der Waals surface area contributed by atoms with Crippen LogP contribution in [0.2, 0.25) is 0 Å². The van der Waals surface area contributed by atoms with Gasteiger partial charge in [0.25, 0.3) is 0 Å². The van der Waals surface area contributed by atoms with Crippen molar-refractivity contribution in [1.82, 2.24) is 14.9 Å². The minimum absolute atomic E-state index is 0. The van der Waals surface area contributed by atoms with Gasteiger partial charge in [0.2, 0.25) is 0 Å². The highest BCUT2D eigenvalue weighted by Gasteiger charge is 2.03. The average Bonchev–Trinajstić information content (AvgIpc) is 3.15. The first-order valence-electron chi connectivity index (χ1n) is 8.74. The van der Waals surface area contributed by atoms with Gasteiger partial charge in [0.15, 0.2) is 0 Å². The monoisotopic (exact) mass is 371 g/mol. The van der Waals surface area contributed by atoms with Crippen LogP contribution >= 0.6 is 12.4 Å². The zero-order chi connectivity index (χ0) is 17.3. The number of nitrogens with one attached hydrogen (secondary N) is 1. The van der Waals surface area contributed by atoms with Gasteiger partial charge in [-0.2, -0.15) is 0 Å². The lowest BCUT2D eigenvalue weighted by Gasteiger charge is -2.12. The summed E-state index contributed by atoms with van der Waals surface area (Å²) in [6, 6.07) is 16.7. The molecule has 2 aromatic carbocycles. The van der Waals surface area contributed by atoms with E-state index in [1.54, 1.807) is 0 Å². The summed E-state index contributed by atoms with van der Waals surface area (Å²) in [4.78, 5) is 4.06. The number of hydrogen-bond donors (Lipinski definition) is 1. The molecule has 0 saturated heterocycles.